The van der Waals surface area contributed by atoms with Gasteiger partial charge in [-0.15, -0.1) is 0 Å². The van der Waals surface area contributed by atoms with Crippen molar-refractivity contribution in [2.24, 2.45) is 11.8 Å². The molecule has 0 radical (unpaired) electrons. The molecule has 6 heteroatoms. The monoisotopic (exact) mass is 523 g/mol. The number of piperidine rings is 2. The summed E-state index contributed by atoms with van der Waals surface area (Å²) >= 11 is 12.0. The van der Waals surface area contributed by atoms with Crippen LogP contribution < -0.4 is 0 Å². The van der Waals surface area contributed by atoms with E-state index in [0.29, 0.717) is 27.8 Å². The van der Waals surface area contributed by atoms with Gasteiger partial charge in [0.15, 0.2) is 0 Å². The Hall–Kier alpha value is -2.27. The number of amides is 1. The smallest absolute Gasteiger partial charge is 0.246 e. The molecule has 2 fully saturated rings. The van der Waals surface area contributed by atoms with Crippen molar-refractivity contribution in [2.75, 3.05) is 32.7 Å². The molecule has 0 saturated carbocycles. The lowest BCUT2D eigenvalue weighted by Crippen LogP contribution is -2.41. The lowest BCUT2D eigenvalue weighted by atomic mass is 9.81. The average Bonchev–Trinajstić information content (AvgIpc) is 3.32. The molecule has 4 nitrogen and oxygen atoms in total. The molecule has 2 atom stereocenters. The van der Waals surface area contributed by atoms with E-state index in [0.717, 1.165) is 31.5 Å². The number of carbonyl (C=O) groups is 1. The quantitative estimate of drug-likeness (QED) is 0.345. The van der Waals surface area contributed by atoms with E-state index in [1.54, 1.807) is 18.2 Å². The molecule has 0 aliphatic carbocycles. The van der Waals surface area contributed by atoms with Crippen LogP contribution in [0.3, 0.4) is 0 Å². The Morgan fingerprint density at radius 1 is 1.06 bits per heavy atom. The Labute approximate surface area is 224 Å². The first kappa shape index (κ1) is 25.4. The van der Waals surface area contributed by atoms with Gasteiger partial charge in [0.1, 0.15) is 0 Å². The van der Waals surface area contributed by atoms with Crippen LogP contribution in [-0.4, -0.2) is 53.4 Å². The summed E-state index contributed by atoms with van der Waals surface area (Å²) < 4.78 is 0. The lowest BCUT2D eigenvalue weighted by molar-refractivity contribution is -0.127. The minimum atomic E-state index is 0.0766. The van der Waals surface area contributed by atoms with Crippen LogP contribution in [0.2, 0.25) is 10.0 Å². The standard InChI is InChI=1S/C30H35Cl2N3O/c1-21-20-34(15-13-24(21)26-19-33-29-5-3-2-4-25(26)29)14-10-22-11-16-35(17-12-22)30(36)9-7-23-6-8-27(31)28(32)18-23/h2-9,18-19,21-22,24,33H,10-17,20H2,1H3/b9-7+/t21-,24-/m0/s1. The van der Waals surface area contributed by atoms with Gasteiger partial charge in [0.25, 0.3) is 0 Å². The molecule has 36 heavy (non-hydrogen) atoms. The van der Waals surface area contributed by atoms with E-state index in [-0.39, 0.29) is 5.91 Å². The fraction of sp³-hybridized carbons (Fsp3) is 0.433. The molecule has 1 N–H and O–H groups in total. The number of hydrogen-bond donors (Lipinski definition) is 1. The average molecular weight is 525 g/mol. The second-order valence-corrected chi connectivity index (χ2v) is 11.3. The molecule has 3 heterocycles. The number of carbonyl (C=O) groups excluding carboxylic acids is 1. The van der Waals surface area contributed by atoms with Gasteiger partial charge < -0.3 is 14.8 Å². The fourth-order valence-electron chi connectivity index (χ4n) is 5.99. The van der Waals surface area contributed by atoms with Gasteiger partial charge in [-0.3, -0.25) is 4.79 Å². The minimum absolute atomic E-state index is 0.0766. The van der Waals surface area contributed by atoms with Crippen molar-refractivity contribution in [3.63, 3.8) is 0 Å². The number of para-hydroxylation sites is 1. The van der Waals surface area contributed by atoms with E-state index in [1.165, 1.54) is 48.9 Å². The van der Waals surface area contributed by atoms with E-state index in [4.69, 9.17) is 23.2 Å². The highest BCUT2D eigenvalue weighted by molar-refractivity contribution is 6.42. The van der Waals surface area contributed by atoms with Crippen LogP contribution in [0.25, 0.3) is 17.0 Å². The fourth-order valence-corrected chi connectivity index (χ4v) is 6.30. The molecule has 2 aromatic carbocycles. The van der Waals surface area contributed by atoms with Crippen molar-refractivity contribution < 1.29 is 4.79 Å². The van der Waals surface area contributed by atoms with Crippen LogP contribution in [-0.2, 0) is 4.79 Å². The maximum atomic E-state index is 12.7. The maximum absolute atomic E-state index is 12.7. The van der Waals surface area contributed by atoms with Gasteiger partial charge in [-0.2, -0.15) is 0 Å². The van der Waals surface area contributed by atoms with Gasteiger partial charge >= 0.3 is 0 Å². The van der Waals surface area contributed by atoms with Crippen molar-refractivity contribution >= 4 is 46.1 Å². The second-order valence-electron chi connectivity index (χ2n) is 10.5. The third-order valence-electron chi connectivity index (χ3n) is 8.15. The predicted molar refractivity (Wildman–Crippen MR) is 151 cm³/mol. The summed E-state index contributed by atoms with van der Waals surface area (Å²) in [7, 11) is 0. The number of nitrogens with one attached hydrogen (secondary N) is 1. The van der Waals surface area contributed by atoms with Crippen molar-refractivity contribution in [1.29, 1.82) is 0 Å². The van der Waals surface area contributed by atoms with E-state index in [1.807, 2.05) is 17.0 Å². The molecule has 5 rings (SSSR count). The highest BCUT2D eigenvalue weighted by Gasteiger charge is 2.29. The number of hydrogen-bond acceptors (Lipinski definition) is 2. The molecular weight excluding hydrogens is 489 g/mol. The zero-order valence-corrected chi connectivity index (χ0v) is 22.4. The highest BCUT2D eigenvalue weighted by atomic mass is 35.5. The molecule has 1 aromatic heterocycles. The van der Waals surface area contributed by atoms with Crippen molar-refractivity contribution in [3.8, 4) is 0 Å². The maximum Gasteiger partial charge on any atom is 0.246 e. The van der Waals surface area contributed by atoms with E-state index < -0.39 is 0 Å². The van der Waals surface area contributed by atoms with Gasteiger partial charge in [-0.25, -0.2) is 0 Å². The summed E-state index contributed by atoms with van der Waals surface area (Å²) in [6, 6.07) is 14.1. The third kappa shape index (κ3) is 5.82. The summed E-state index contributed by atoms with van der Waals surface area (Å²) in [6.45, 7) is 7.60. The third-order valence-corrected chi connectivity index (χ3v) is 8.89. The molecule has 0 bridgehead atoms. The largest absolute Gasteiger partial charge is 0.361 e. The van der Waals surface area contributed by atoms with Crippen LogP contribution in [0.5, 0.6) is 0 Å². The van der Waals surface area contributed by atoms with Crippen LogP contribution in [0.4, 0.5) is 0 Å². The number of likely N-dealkylation sites (tertiary alicyclic amines) is 2. The number of halogens is 2. The van der Waals surface area contributed by atoms with Gasteiger partial charge in [0.2, 0.25) is 5.91 Å². The van der Waals surface area contributed by atoms with Gasteiger partial charge in [0, 0.05) is 42.8 Å². The minimum Gasteiger partial charge on any atom is -0.361 e. The Kier molecular flexibility index (Phi) is 8.05. The lowest BCUT2D eigenvalue weighted by Gasteiger charge is -2.38. The van der Waals surface area contributed by atoms with Crippen LogP contribution in [0.1, 0.15) is 49.7 Å². The van der Waals surface area contributed by atoms with Crippen molar-refractivity contribution in [1.82, 2.24) is 14.8 Å². The van der Waals surface area contributed by atoms with Crippen molar-refractivity contribution in [3.05, 3.63) is 75.9 Å². The van der Waals surface area contributed by atoms with Gasteiger partial charge in [-0.05, 0) is 91.9 Å². The SMILES string of the molecule is C[C@H]1CN(CCC2CCN(C(=O)/C=C/c3ccc(Cl)c(Cl)c3)CC2)CC[C@@H]1c1c[nH]c2ccccc12. The molecule has 3 aromatic rings. The molecular formula is C30H35Cl2N3O. The number of nitrogens with zero attached hydrogens (tertiary/aromatic N) is 2. The van der Waals surface area contributed by atoms with Crippen molar-refractivity contribution in [2.45, 2.75) is 38.5 Å². The Balaban J connectivity index is 1.06. The second kappa shape index (κ2) is 11.4. The van der Waals surface area contributed by atoms with E-state index >= 15 is 0 Å². The number of aromatic amines is 1. The summed E-state index contributed by atoms with van der Waals surface area (Å²) in [6.07, 6.45) is 10.3. The zero-order chi connectivity index (χ0) is 25.1. The number of aromatic nitrogens is 1. The highest BCUT2D eigenvalue weighted by Crippen LogP contribution is 2.37. The molecule has 0 spiro atoms. The van der Waals surface area contributed by atoms with Crippen LogP contribution in [0.15, 0.2) is 54.7 Å². The molecule has 2 saturated heterocycles. The van der Waals surface area contributed by atoms with Crippen LogP contribution in [0, 0.1) is 11.8 Å². The van der Waals surface area contributed by atoms with Crippen LogP contribution >= 0.6 is 23.2 Å². The van der Waals surface area contributed by atoms with Gasteiger partial charge in [0.05, 0.1) is 10.0 Å². The van der Waals surface area contributed by atoms with E-state index in [2.05, 4.69) is 47.3 Å². The normalized spacial score (nSPS) is 22.0. The number of H-pyrrole nitrogens is 1. The molecule has 0 unspecified atom stereocenters. The first-order valence-electron chi connectivity index (χ1n) is 13.2. The molecule has 1 amide bonds. The number of rotatable bonds is 6. The Morgan fingerprint density at radius 2 is 1.86 bits per heavy atom. The summed E-state index contributed by atoms with van der Waals surface area (Å²) in [4.78, 5) is 20.7. The zero-order valence-electron chi connectivity index (χ0n) is 20.9. The first-order chi connectivity index (χ1) is 17.5. The first-order valence-corrected chi connectivity index (χ1v) is 13.9. The molecule has 190 valence electrons. The summed E-state index contributed by atoms with van der Waals surface area (Å²) in [5, 5.41) is 2.41. The molecule has 2 aliphatic rings. The topological polar surface area (TPSA) is 39.3 Å². The molecule has 2 aliphatic heterocycles. The number of benzene rings is 2. The number of fused-ring (bicyclic) bond motifs is 1. The Morgan fingerprint density at radius 3 is 2.64 bits per heavy atom. The summed E-state index contributed by atoms with van der Waals surface area (Å²) in [5.74, 6) is 2.06. The Bertz CT molecular complexity index is 1230. The summed E-state index contributed by atoms with van der Waals surface area (Å²) in [5.41, 5.74) is 3.62. The van der Waals surface area contributed by atoms with E-state index in [9.17, 15) is 4.79 Å². The van der Waals surface area contributed by atoms with Gasteiger partial charge in [-0.1, -0.05) is 54.4 Å². The predicted octanol–water partition coefficient (Wildman–Crippen LogP) is 7.24.